The highest BCUT2D eigenvalue weighted by Crippen LogP contribution is 2.16. The highest BCUT2D eigenvalue weighted by molar-refractivity contribution is 9.10. The zero-order valence-electron chi connectivity index (χ0n) is 9.69. The van der Waals surface area contributed by atoms with Crippen LogP contribution in [-0.2, 0) is 0 Å². The van der Waals surface area contributed by atoms with Crippen LogP contribution in [0.15, 0.2) is 46.5 Å². The zero-order valence-corrected chi connectivity index (χ0v) is 12.1. The van der Waals surface area contributed by atoms with Crippen LogP contribution in [0.2, 0.25) is 0 Å². The molecule has 1 heterocycles. The van der Waals surface area contributed by atoms with Crippen LogP contribution in [0.1, 0.15) is 0 Å². The molecule has 1 aromatic carbocycles. The topological polar surface area (TPSA) is 39.7 Å². The summed E-state index contributed by atoms with van der Waals surface area (Å²) in [6.07, 6.45) is 1.60. The number of aliphatic imine (C=N–C) groups is 1. The van der Waals surface area contributed by atoms with Gasteiger partial charge in [0.15, 0.2) is 5.11 Å². The van der Waals surface area contributed by atoms with Gasteiger partial charge in [0.05, 0.1) is 6.54 Å². The van der Waals surface area contributed by atoms with Crippen molar-refractivity contribution in [2.24, 2.45) is 4.99 Å². The molecule has 94 valence electrons. The maximum Gasteiger partial charge on any atom is 0.204 e. The van der Waals surface area contributed by atoms with Crippen molar-refractivity contribution in [1.29, 1.82) is 0 Å². The normalized spacial score (nSPS) is 14.1. The minimum absolute atomic E-state index is 0.624. The van der Waals surface area contributed by atoms with Gasteiger partial charge in [0.25, 0.3) is 0 Å². The lowest BCUT2D eigenvalue weighted by molar-refractivity contribution is 0.660. The molecule has 0 saturated heterocycles. The summed E-state index contributed by atoms with van der Waals surface area (Å²) >= 11 is 8.80. The van der Waals surface area contributed by atoms with Gasteiger partial charge in [0, 0.05) is 16.7 Å². The third-order valence-electron chi connectivity index (χ3n) is 2.39. The van der Waals surface area contributed by atoms with Crippen molar-refractivity contribution in [1.82, 2.24) is 10.2 Å². The Balaban J connectivity index is 2.04. The molecule has 6 heteroatoms. The number of nitrogens with zero attached hydrogens (tertiary/aromatic N) is 2. The van der Waals surface area contributed by atoms with Crippen LogP contribution in [-0.4, -0.2) is 29.1 Å². The average molecular weight is 325 g/mol. The van der Waals surface area contributed by atoms with Crippen LogP contribution < -0.4 is 10.6 Å². The van der Waals surface area contributed by atoms with Crippen molar-refractivity contribution >= 4 is 44.9 Å². The number of nitrogens with one attached hydrogen (secondary N) is 2. The Morgan fingerprint density at radius 3 is 3.11 bits per heavy atom. The van der Waals surface area contributed by atoms with E-state index in [9.17, 15) is 0 Å². The molecule has 0 atom stereocenters. The fourth-order valence-electron chi connectivity index (χ4n) is 1.62. The van der Waals surface area contributed by atoms with Crippen molar-refractivity contribution in [2.45, 2.75) is 0 Å². The lowest BCUT2D eigenvalue weighted by Gasteiger charge is -2.21. The molecule has 0 saturated carbocycles. The summed E-state index contributed by atoms with van der Waals surface area (Å²) in [6.45, 7) is 5.13. The largest absolute Gasteiger partial charge is 0.333 e. The molecule has 0 unspecified atom stereocenters. The first-order chi connectivity index (χ1) is 8.70. The van der Waals surface area contributed by atoms with Crippen LogP contribution in [0.25, 0.3) is 0 Å². The van der Waals surface area contributed by atoms with Gasteiger partial charge in [-0.2, -0.15) is 0 Å². The SMILES string of the molecule is C=CNC1=NCCN1C(=S)Nc1cccc(Br)c1. The predicted octanol–water partition coefficient (Wildman–Crippen LogP) is 2.55. The van der Waals surface area contributed by atoms with Crippen molar-refractivity contribution < 1.29 is 0 Å². The van der Waals surface area contributed by atoms with Crippen LogP contribution in [0.3, 0.4) is 0 Å². The quantitative estimate of drug-likeness (QED) is 0.820. The molecule has 0 aromatic heterocycles. The fourth-order valence-corrected chi connectivity index (χ4v) is 2.31. The second-order valence-electron chi connectivity index (χ2n) is 3.65. The number of benzene rings is 1. The van der Waals surface area contributed by atoms with E-state index in [1.165, 1.54) is 0 Å². The molecule has 1 aromatic rings. The van der Waals surface area contributed by atoms with Crippen molar-refractivity contribution in [3.8, 4) is 0 Å². The van der Waals surface area contributed by atoms with Crippen molar-refractivity contribution in [3.05, 3.63) is 41.5 Å². The number of halogens is 1. The molecule has 2 rings (SSSR count). The molecule has 0 aliphatic carbocycles. The van der Waals surface area contributed by atoms with E-state index in [1.807, 2.05) is 29.2 Å². The lowest BCUT2D eigenvalue weighted by atomic mass is 10.3. The first-order valence-electron chi connectivity index (χ1n) is 5.46. The molecule has 0 fully saturated rings. The Morgan fingerprint density at radius 2 is 2.39 bits per heavy atom. The number of hydrogen-bond donors (Lipinski definition) is 2. The van der Waals surface area contributed by atoms with Gasteiger partial charge in [0.1, 0.15) is 0 Å². The molecular weight excluding hydrogens is 312 g/mol. The fraction of sp³-hybridized carbons (Fsp3) is 0.167. The van der Waals surface area contributed by atoms with Gasteiger partial charge in [0.2, 0.25) is 5.96 Å². The Morgan fingerprint density at radius 1 is 1.56 bits per heavy atom. The Bertz CT molecular complexity index is 501. The standard InChI is InChI=1S/C12H13BrN4S/c1-2-14-11-15-6-7-17(11)12(18)16-10-5-3-4-9(13)8-10/h2-5,8H,1,6-7H2,(H,14,15)(H,16,18). The molecule has 0 amide bonds. The first-order valence-corrected chi connectivity index (χ1v) is 6.67. The predicted molar refractivity (Wildman–Crippen MR) is 82.7 cm³/mol. The van der Waals surface area contributed by atoms with E-state index in [0.29, 0.717) is 5.11 Å². The van der Waals surface area contributed by atoms with Gasteiger partial charge in [-0.25, -0.2) is 0 Å². The molecule has 2 N–H and O–H groups in total. The second-order valence-corrected chi connectivity index (χ2v) is 4.95. The van der Waals surface area contributed by atoms with Gasteiger partial charge >= 0.3 is 0 Å². The molecule has 1 aliphatic heterocycles. The highest BCUT2D eigenvalue weighted by Gasteiger charge is 2.19. The number of thiocarbonyl (C=S) groups is 1. The van der Waals surface area contributed by atoms with Crippen molar-refractivity contribution in [2.75, 3.05) is 18.4 Å². The molecular formula is C12H13BrN4S. The molecule has 18 heavy (non-hydrogen) atoms. The smallest absolute Gasteiger partial charge is 0.204 e. The van der Waals surface area contributed by atoms with Crippen LogP contribution >= 0.6 is 28.1 Å². The summed E-state index contributed by atoms with van der Waals surface area (Å²) in [5.41, 5.74) is 0.944. The summed E-state index contributed by atoms with van der Waals surface area (Å²) in [4.78, 5) is 6.23. The maximum atomic E-state index is 5.37. The van der Waals surface area contributed by atoms with E-state index in [0.717, 1.165) is 29.2 Å². The monoisotopic (exact) mass is 324 g/mol. The third kappa shape index (κ3) is 3.08. The van der Waals surface area contributed by atoms with Gasteiger partial charge in [-0.3, -0.25) is 9.89 Å². The van der Waals surface area contributed by atoms with Crippen LogP contribution in [0.5, 0.6) is 0 Å². The average Bonchev–Trinajstić information content (AvgIpc) is 2.78. The zero-order chi connectivity index (χ0) is 13.0. The molecule has 1 aliphatic rings. The number of guanidine groups is 1. The Hall–Kier alpha value is -1.40. The van der Waals surface area contributed by atoms with Gasteiger partial charge < -0.3 is 10.6 Å². The molecule has 4 nitrogen and oxygen atoms in total. The van der Waals surface area contributed by atoms with Gasteiger partial charge in [-0.15, -0.1) is 0 Å². The van der Waals surface area contributed by atoms with Gasteiger partial charge in [-0.1, -0.05) is 28.6 Å². The Labute approximate surface area is 120 Å². The van der Waals surface area contributed by atoms with E-state index in [1.54, 1.807) is 6.20 Å². The lowest BCUT2D eigenvalue weighted by Crippen LogP contribution is -2.42. The minimum atomic E-state index is 0.624. The summed E-state index contributed by atoms with van der Waals surface area (Å²) < 4.78 is 1.01. The third-order valence-corrected chi connectivity index (χ3v) is 3.21. The van der Waals surface area contributed by atoms with Gasteiger partial charge in [-0.05, 0) is 36.6 Å². The van der Waals surface area contributed by atoms with Crippen molar-refractivity contribution in [3.63, 3.8) is 0 Å². The van der Waals surface area contributed by atoms with Crippen LogP contribution in [0.4, 0.5) is 5.69 Å². The minimum Gasteiger partial charge on any atom is -0.333 e. The van der Waals surface area contributed by atoms with E-state index in [2.05, 4.69) is 38.1 Å². The van der Waals surface area contributed by atoms with E-state index in [-0.39, 0.29) is 0 Å². The number of rotatable bonds is 2. The highest BCUT2D eigenvalue weighted by atomic mass is 79.9. The molecule has 0 radical (unpaired) electrons. The Kier molecular flexibility index (Phi) is 4.33. The van der Waals surface area contributed by atoms with E-state index >= 15 is 0 Å². The summed E-state index contributed by atoms with van der Waals surface area (Å²) in [6, 6.07) is 7.86. The molecule has 0 bridgehead atoms. The molecule has 0 spiro atoms. The van der Waals surface area contributed by atoms with E-state index < -0.39 is 0 Å². The van der Waals surface area contributed by atoms with Crippen LogP contribution in [0, 0.1) is 0 Å². The number of hydrogen-bond acceptors (Lipinski definition) is 3. The number of anilines is 1. The summed E-state index contributed by atoms with van der Waals surface area (Å²) in [5.74, 6) is 0.734. The second kappa shape index (κ2) is 5.97. The summed E-state index contributed by atoms with van der Waals surface area (Å²) in [5, 5.41) is 6.78. The van der Waals surface area contributed by atoms with E-state index in [4.69, 9.17) is 12.2 Å². The summed E-state index contributed by atoms with van der Waals surface area (Å²) in [7, 11) is 0. The maximum absolute atomic E-state index is 5.37. The first kappa shape index (κ1) is 13.0.